The lowest BCUT2D eigenvalue weighted by Crippen LogP contribution is -2.44. The molecule has 0 aliphatic carbocycles. The molecule has 0 saturated carbocycles. The van der Waals surface area contributed by atoms with Crippen molar-refractivity contribution < 1.29 is 49.8 Å². The van der Waals surface area contributed by atoms with Crippen molar-refractivity contribution in [3.8, 4) is 11.6 Å². The first-order valence-corrected chi connectivity index (χ1v) is 14.4. The van der Waals surface area contributed by atoms with Crippen molar-refractivity contribution in [2.45, 2.75) is 69.6 Å². The Balaban J connectivity index is 1.96. The van der Waals surface area contributed by atoms with Gasteiger partial charge in [-0.05, 0) is 86.9 Å². The summed E-state index contributed by atoms with van der Waals surface area (Å²) >= 11 is 1.61. The van der Waals surface area contributed by atoms with Crippen LogP contribution in [0.2, 0.25) is 0 Å². The number of amides is 1. The fourth-order valence-electron chi connectivity index (χ4n) is 4.78. The number of aromatic nitrogens is 3. The zero-order valence-corrected chi connectivity index (χ0v) is 26.1. The van der Waals surface area contributed by atoms with E-state index in [4.69, 9.17) is 9.15 Å². The number of nitrogens with one attached hydrogen (secondary N) is 1. The van der Waals surface area contributed by atoms with Crippen LogP contribution in [0.1, 0.15) is 57.1 Å². The Bertz CT molecular complexity index is 1590. The lowest BCUT2D eigenvalue weighted by Gasteiger charge is -2.29. The van der Waals surface area contributed by atoms with Crippen LogP contribution in [-0.4, -0.2) is 50.7 Å². The SMILES string of the molecule is C=CC[C@@H]1CCCN1c1nc(-c2nnc([C@@](O)(c3cc(I)ccc3F)C(F)(F)F)o2)c(NC(=O)OC(C)(C)C)cc1C(F)(F)F. The van der Waals surface area contributed by atoms with Crippen LogP contribution < -0.4 is 10.2 Å². The minimum absolute atomic E-state index is 0.129. The number of carbonyl (C=O) groups is 1. The third-order valence-electron chi connectivity index (χ3n) is 6.70. The molecule has 17 heteroatoms. The largest absolute Gasteiger partial charge is 0.444 e. The predicted molar refractivity (Wildman–Crippen MR) is 156 cm³/mol. The minimum atomic E-state index is -5.61. The number of halogens is 8. The molecule has 2 aromatic heterocycles. The molecule has 45 heavy (non-hydrogen) atoms. The fraction of sp³-hybridized carbons (Fsp3) is 0.429. The van der Waals surface area contributed by atoms with Crippen molar-refractivity contribution in [3.63, 3.8) is 0 Å². The van der Waals surface area contributed by atoms with Crippen molar-refractivity contribution in [1.29, 1.82) is 0 Å². The van der Waals surface area contributed by atoms with Crippen LogP contribution in [0.15, 0.2) is 41.3 Å². The predicted octanol–water partition coefficient (Wildman–Crippen LogP) is 7.58. The first-order valence-electron chi connectivity index (χ1n) is 13.3. The van der Waals surface area contributed by atoms with E-state index in [-0.39, 0.29) is 10.1 Å². The highest BCUT2D eigenvalue weighted by Gasteiger charge is 2.61. The molecular formula is C28H27F7IN5O4. The maximum Gasteiger partial charge on any atom is 0.430 e. The van der Waals surface area contributed by atoms with E-state index in [9.17, 15) is 40.6 Å². The van der Waals surface area contributed by atoms with E-state index in [1.54, 1.807) is 22.6 Å². The molecule has 0 unspecified atom stereocenters. The highest BCUT2D eigenvalue weighted by Crippen LogP contribution is 2.47. The van der Waals surface area contributed by atoms with Crippen LogP contribution in [0.3, 0.4) is 0 Å². The van der Waals surface area contributed by atoms with Gasteiger partial charge in [0.15, 0.2) is 5.69 Å². The number of anilines is 2. The molecule has 2 N–H and O–H groups in total. The summed E-state index contributed by atoms with van der Waals surface area (Å²) < 4.78 is 112. The molecule has 1 aliphatic rings. The van der Waals surface area contributed by atoms with Gasteiger partial charge in [0, 0.05) is 21.7 Å². The number of carbonyl (C=O) groups excluding carboxylic acids is 1. The Hall–Kier alpha value is -3.48. The lowest BCUT2D eigenvalue weighted by molar-refractivity contribution is -0.256. The quantitative estimate of drug-likeness (QED) is 0.144. The second-order valence-electron chi connectivity index (χ2n) is 11.1. The summed E-state index contributed by atoms with van der Waals surface area (Å²) in [7, 11) is 0. The van der Waals surface area contributed by atoms with Crippen molar-refractivity contribution in [2.75, 3.05) is 16.8 Å². The molecule has 0 radical (unpaired) electrons. The van der Waals surface area contributed by atoms with Gasteiger partial charge in [0.2, 0.25) is 0 Å². The van der Waals surface area contributed by atoms with Crippen molar-refractivity contribution in [1.82, 2.24) is 15.2 Å². The number of hydrogen-bond donors (Lipinski definition) is 2. The summed E-state index contributed by atoms with van der Waals surface area (Å²) in [6.07, 6.45) is -8.97. The number of aliphatic hydroxyl groups is 1. The smallest absolute Gasteiger partial charge is 0.430 e. The zero-order valence-electron chi connectivity index (χ0n) is 24.0. The summed E-state index contributed by atoms with van der Waals surface area (Å²) in [5.41, 5.74) is -9.11. The second-order valence-corrected chi connectivity index (χ2v) is 12.4. The summed E-state index contributed by atoms with van der Waals surface area (Å²) in [6.45, 7) is 8.28. The molecule has 9 nitrogen and oxygen atoms in total. The van der Waals surface area contributed by atoms with E-state index in [2.05, 4.69) is 27.1 Å². The van der Waals surface area contributed by atoms with Gasteiger partial charge in [-0.1, -0.05) is 6.08 Å². The third-order valence-corrected chi connectivity index (χ3v) is 7.37. The number of alkyl halides is 6. The summed E-state index contributed by atoms with van der Waals surface area (Å²) in [6, 6.07) is 2.68. The molecule has 1 fully saturated rings. The summed E-state index contributed by atoms with van der Waals surface area (Å²) in [5.74, 6) is -4.49. The fourth-order valence-corrected chi connectivity index (χ4v) is 5.28. The molecule has 244 valence electrons. The average molecular weight is 757 g/mol. The molecule has 3 aromatic rings. The van der Waals surface area contributed by atoms with Gasteiger partial charge in [0.05, 0.1) is 5.69 Å². The number of hydrogen-bond acceptors (Lipinski definition) is 8. The Morgan fingerprint density at radius 1 is 1.18 bits per heavy atom. The van der Waals surface area contributed by atoms with E-state index in [1.165, 1.54) is 31.7 Å². The maximum atomic E-state index is 14.7. The number of benzene rings is 1. The van der Waals surface area contributed by atoms with Crippen LogP contribution in [-0.2, 0) is 16.5 Å². The summed E-state index contributed by atoms with van der Waals surface area (Å²) in [5, 5.41) is 19.9. The van der Waals surface area contributed by atoms with E-state index in [1.807, 2.05) is 0 Å². The molecule has 3 heterocycles. The number of pyridine rings is 1. The lowest BCUT2D eigenvalue weighted by atomic mass is 9.92. The Labute approximate surface area is 266 Å². The molecule has 2 atom stereocenters. The van der Waals surface area contributed by atoms with Gasteiger partial charge in [-0.15, -0.1) is 16.8 Å². The Morgan fingerprint density at radius 2 is 1.87 bits per heavy atom. The van der Waals surface area contributed by atoms with Gasteiger partial charge in [0.1, 0.15) is 22.8 Å². The van der Waals surface area contributed by atoms with Gasteiger partial charge < -0.3 is 19.2 Å². The number of nitrogens with zero attached hydrogens (tertiary/aromatic N) is 4. The Kier molecular flexibility index (Phi) is 9.46. The van der Waals surface area contributed by atoms with Crippen LogP contribution in [0.4, 0.5) is 47.0 Å². The highest BCUT2D eigenvalue weighted by molar-refractivity contribution is 14.1. The molecular weight excluding hydrogens is 730 g/mol. The minimum Gasteiger partial charge on any atom is -0.444 e. The standard InChI is InChI=1S/C28H27F7IN5O4/c1-5-7-15-8-6-11-41(15)21-17(27(30,31)32)13-19(37-24(42)45-25(2,3)4)20(38-21)22-39-40-23(44-22)26(43,28(33,34)35)16-12-14(36)9-10-18(16)29/h5,9-10,12-13,15,43H,1,6-8,11H2,2-4H3,(H,37,42)/t15-,26+/m1/s1. The maximum absolute atomic E-state index is 14.7. The van der Waals surface area contributed by atoms with Crippen LogP contribution in [0, 0.1) is 9.39 Å². The van der Waals surface area contributed by atoms with Gasteiger partial charge in [-0.25, -0.2) is 14.2 Å². The monoisotopic (exact) mass is 757 g/mol. The van der Waals surface area contributed by atoms with Gasteiger partial charge in [0.25, 0.3) is 17.4 Å². The van der Waals surface area contributed by atoms with Gasteiger partial charge in [-0.3, -0.25) is 5.32 Å². The third kappa shape index (κ3) is 7.18. The molecule has 0 bridgehead atoms. The molecule has 1 aromatic carbocycles. The molecule has 1 saturated heterocycles. The summed E-state index contributed by atoms with van der Waals surface area (Å²) in [4.78, 5) is 18.1. The van der Waals surface area contributed by atoms with Gasteiger partial charge >= 0.3 is 18.4 Å². The molecule has 1 amide bonds. The molecule has 1 aliphatic heterocycles. The van der Waals surface area contributed by atoms with Crippen molar-refractivity contribution in [3.05, 3.63) is 63.3 Å². The normalized spacial score (nSPS) is 17.2. The van der Waals surface area contributed by atoms with Crippen molar-refractivity contribution in [2.24, 2.45) is 0 Å². The first kappa shape index (κ1) is 34.4. The van der Waals surface area contributed by atoms with E-state index >= 15 is 0 Å². The number of rotatable bonds is 7. The Morgan fingerprint density at radius 3 is 2.47 bits per heavy atom. The topological polar surface area (TPSA) is 114 Å². The second kappa shape index (κ2) is 12.4. The van der Waals surface area contributed by atoms with Crippen molar-refractivity contribution >= 4 is 40.2 Å². The van der Waals surface area contributed by atoms with Crippen LogP contribution >= 0.6 is 22.6 Å². The number of ether oxygens (including phenoxy) is 1. The highest BCUT2D eigenvalue weighted by atomic mass is 127. The van der Waals surface area contributed by atoms with Crippen LogP contribution in [0.5, 0.6) is 0 Å². The van der Waals surface area contributed by atoms with E-state index in [0.717, 1.165) is 12.1 Å². The first-order chi connectivity index (χ1) is 20.8. The van der Waals surface area contributed by atoms with Gasteiger partial charge in [-0.2, -0.15) is 26.3 Å². The molecule has 4 rings (SSSR count). The van der Waals surface area contributed by atoms with Crippen LogP contribution in [0.25, 0.3) is 11.6 Å². The van der Waals surface area contributed by atoms with E-state index in [0.29, 0.717) is 31.4 Å². The zero-order chi connectivity index (χ0) is 33.5. The molecule has 0 spiro atoms. The average Bonchev–Trinajstić information content (AvgIpc) is 3.58. The van der Waals surface area contributed by atoms with E-state index < -0.39 is 81.6 Å².